The van der Waals surface area contributed by atoms with E-state index < -0.39 is 0 Å². The standard InChI is InChI=1S/C23H28ClN/c1-18-8-6-7-9-22(18)23(3,4)19(2)10-11-20-12-14-21(15-13-20)25(5)17-16-24/h6-15H,2,16-17H2,1,3-5H3/b11-10+. The van der Waals surface area contributed by atoms with Crippen molar-refractivity contribution in [1.29, 1.82) is 0 Å². The first kappa shape index (κ1) is 19.3. The summed E-state index contributed by atoms with van der Waals surface area (Å²) in [6.07, 6.45) is 4.26. The second-order valence-electron chi connectivity index (χ2n) is 7.00. The Morgan fingerprint density at radius 1 is 1.12 bits per heavy atom. The summed E-state index contributed by atoms with van der Waals surface area (Å²) in [6.45, 7) is 11.8. The highest BCUT2D eigenvalue weighted by atomic mass is 35.5. The first-order chi connectivity index (χ1) is 11.9. The molecular formula is C23H28ClN. The molecule has 132 valence electrons. The number of benzene rings is 2. The van der Waals surface area contributed by atoms with Gasteiger partial charge in [-0.15, -0.1) is 11.6 Å². The van der Waals surface area contributed by atoms with E-state index in [4.69, 9.17) is 11.6 Å². The molecule has 25 heavy (non-hydrogen) atoms. The maximum absolute atomic E-state index is 5.80. The predicted molar refractivity (Wildman–Crippen MR) is 113 cm³/mol. The van der Waals surface area contributed by atoms with Gasteiger partial charge in [0.25, 0.3) is 0 Å². The second-order valence-corrected chi connectivity index (χ2v) is 7.38. The summed E-state index contributed by atoms with van der Waals surface area (Å²) in [4.78, 5) is 2.15. The third-order valence-electron chi connectivity index (χ3n) is 4.85. The van der Waals surface area contributed by atoms with Crippen LogP contribution in [0.5, 0.6) is 0 Å². The van der Waals surface area contributed by atoms with E-state index in [1.807, 2.05) is 0 Å². The molecule has 0 bridgehead atoms. The van der Waals surface area contributed by atoms with Gasteiger partial charge in [-0.3, -0.25) is 0 Å². The zero-order valence-electron chi connectivity index (χ0n) is 15.7. The number of aryl methyl sites for hydroxylation is 1. The molecule has 0 aliphatic rings. The molecule has 0 aliphatic carbocycles. The molecule has 2 aromatic carbocycles. The van der Waals surface area contributed by atoms with Gasteiger partial charge in [0.15, 0.2) is 0 Å². The lowest BCUT2D eigenvalue weighted by Crippen LogP contribution is -2.20. The van der Waals surface area contributed by atoms with Crippen LogP contribution in [0.4, 0.5) is 5.69 Å². The van der Waals surface area contributed by atoms with Crippen molar-refractivity contribution >= 4 is 23.4 Å². The van der Waals surface area contributed by atoms with Crippen molar-refractivity contribution in [3.05, 3.63) is 83.4 Å². The number of halogens is 1. The van der Waals surface area contributed by atoms with Gasteiger partial charge >= 0.3 is 0 Å². The highest BCUT2D eigenvalue weighted by Crippen LogP contribution is 2.33. The van der Waals surface area contributed by atoms with Crippen LogP contribution in [0, 0.1) is 6.92 Å². The predicted octanol–water partition coefficient (Wildman–Crippen LogP) is 6.22. The molecule has 0 spiro atoms. The lowest BCUT2D eigenvalue weighted by atomic mass is 9.76. The number of rotatable bonds is 7. The highest BCUT2D eigenvalue weighted by molar-refractivity contribution is 6.18. The Morgan fingerprint density at radius 2 is 1.76 bits per heavy atom. The van der Waals surface area contributed by atoms with E-state index in [1.54, 1.807) is 0 Å². The van der Waals surface area contributed by atoms with E-state index >= 15 is 0 Å². The summed E-state index contributed by atoms with van der Waals surface area (Å²) < 4.78 is 0. The molecule has 0 N–H and O–H groups in total. The van der Waals surface area contributed by atoms with Crippen molar-refractivity contribution < 1.29 is 0 Å². The monoisotopic (exact) mass is 353 g/mol. The van der Waals surface area contributed by atoms with Crippen LogP contribution in [0.25, 0.3) is 6.08 Å². The smallest absolute Gasteiger partial charge is 0.0399 e. The average molecular weight is 354 g/mol. The fraction of sp³-hybridized carbons (Fsp3) is 0.304. The van der Waals surface area contributed by atoms with Gasteiger partial charge in [-0.2, -0.15) is 0 Å². The molecule has 2 heteroatoms. The number of hydrogen-bond acceptors (Lipinski definition) is 1. The van der Waals surface area contributed by atoms with Gasteiger partial charge in [-0.05, 0) is 41.3 Å². The summed E-state index contributed by atoms with van der Waals surface area (Å²) in [6, 6.07) is 17.0. The first-order valence-electron chi connectivity index (χ1n) is 8.67. The number of nitrogens with zero attached hydrogens (tertiary/aromatic N) is 1. The van der Waals surface area contributed by atoms with Gasteiger partial charge in [0, 0.05) is 30.6 Å². The molecule has 2 aromatic rings. The van der Waals surface area contributed by atoms with E-state index in [2.05, 4.69) is 100.0 Å². The van der Waals surface area contributed by atoms with Crippen molar-refractivity contribution in [2.24, 2.45) is 0 Å². The Morgan fingerprint density at radius 3 is 2.36 bits per heavy atom. The quantitative estimate of drug-likeness (QED) is 0.422. The Labute approximate surface area is 157 Å². The summed E-state index contributed by atoms with van der Waals surface area (Å²) in [7, 11) is 2.06. The summed E-state index contributed by atoms with van der Waals surface area (Å²) in [5, 5.41) is 0. The van der Waals surface area contributed by atoms with Crippen LogP contribution in [0.3, 0.4) is 0 Å². The maximum Gasteiger partial charge on any atom is 0.0399 e. The molecule has 1 nitrogen and oxygen atoms in total. The van der Waals surface area contributed by atoms with Crippen LogP contribution < -0.4 is 4.90 Å². The number of hydrogen-bond donors (Lipinski definition) is 0. The minimum absolute atomic E-state index is 0.0949. The molecule has 0 unspecified atom stereocenters. The van der Waals surface area contributed by atoms with Crippen molar-refractivity contribution in [2.45, 2.75) is 26.2 Å². The highest BCUT2D eigenvalue weighted by Gasteiger charge is 2.23. The maximum atomic E-state index is 5.80. The Balaban J connectivity index is 2.13. The van der Waals surface area contributed by atoms with Crippen LogP contribution in [-0.2, 0) is 5.41 Å². The number of allylic oxidation sites excluding steroid dienone is 2. The van der Waals surface area contributed by atoms with E-state index in [0.717, 1.165) is 12.1 Å². The number of anilines is 1. The molecule has 0 aliphatic heterocycles. The van der Waals surface area contributed by atoms with Gasteiger partial charge in [0.05, 0.1) is 0 Å². The molecule has 2 rings (SSSR count). The third-order valence-corrected chi connectivity index (χ3v) is 5.02. The van der Waals surface area contributed by atoms with Gasteiger partial charge in [0.2, 0.25) is 0 Å². The minimum atomic E-state index is -0.0949. The average Bonchev–Trinajstić information content (AvgIpc) is 2.60. The summed E-state index contributed by atoms with van der Waals surface area (Å²) in [5.74, 6) is 0.631. The van der Waals surface area contributed by atoms with Crippen LogP contribution in [0.2, 0.25) is 0 Å². The van der Waals surface area contributed by atoms with E-state index in [0.29, 0.717) is 5.88 Å². The number of alkyl halides is 1. The van der Waals surface area contributed by atoms with Crippen LogP contribution in [-0.4, -0.2) is 19.5 Å². The molecule has 0 saturated heterocycles. The minimum Gasteiger partial charge on any atom is -0.373 e. The van der Waals surface area contributed by atoms with E-state index in [1.165, 1.54) is 22.4 Å². The summed E-state index contributed by atoms with van der Waals surface area (Å²) in [5.41, 5.74) is 5.98. The molecule has 0 saturated carbocycles. The summed E-state index contributed by atoms with van der Waals surface area (Å²) >= 11 is 5.80. The fourth-order valence-corrected chi connectivity index (χ4v) is 3.20. The molecule has 0 atom stereocenters. The Hall–Kier alpha value is -1.99. The molecule has 0 amide bonds. The molecule has 0 heterocycles. The molecular weight excluding hydrogens is 326 g/mol. The molecule has 0 radical (unpaired) electrons. The topological polar surface area (TPSA) is 3.24 Å². The molecule has 0 fully saturated rings. The van der Waals surface area contributed by atoms with Crippen LogP contribution in [0.15, 0.2) is 66.8 Å². The lowest BCUT2D eigenvalue weighted by Gasteiger charge is -2.28. The Bertz CT molecular complexity index is 741. The third kappa shape index (κ3) is 4.76. The Kier molecular flexibility index (Phi) is 6.50. The van der Waals surface area contributed by atoms with Gasteiger partial charge in [0.1, 0.15) is 0 Å². The van der Waals surface area contributed by atoms with Crippen molar-refractivity contribution in [3.8, 4) is 0 Å². The van der Waals surface area contributed by atoms with Gasteiger partial charge in [-0.1, -0.05) is 69.0 Å². The van der Waals surface area contributed by atoms with Crippen molar-refractivity contribution in [1.82, 2.24) is 0 Å². The fourth-order valence-electron chi connectivity index (χ4n) is 2.95. The zero-order chi connectivity index (χ0) is 18.4. The van der Waals surface area contributed by atoms with Crippen LogP contribution in [0.1, 0.15) is 30.5 Å². The van der Waals surface area contributed by atoms with E-state index in [-0.39, 0.29) is 5.41 Å². The largest absolute Gasteiger partial charge is 0.373 e. The molecule has 0 aromatic heterocycles. The van der Waals surface area contributed by atoms with Gasteiger partial charge < -0.3 is 4.90 Å². The zero-order valence-corrected chi connectivity index (χ0v) is 16.5. The SMILES string of the molecule is C=C(/C=C/c1ccc(N(C)CCCl)cc1)C(C)(C)c1ccccc1C. The first-order valence-corrected chi connectivity index (χ1v) is 9.20. The van der Waals surface area contributed by atoms with Crippen LogP contribution >= 0.6 is 11.6 Å². The van der Waals surface area contributed by atoms with E-state index in [9.17, 15) is 0 Å². The van der Waals surface area contributed by atoms with Crippen molar-refractivity contribution in [3.63, 3.8) is 0 Å². The lowest BCUT2D eigenvalue weighted by molar-refractivity contribution is 0.637. The normalized spacial score (nSPS) is 11.7. The second kappa shape index (κ2) is 8.40. The van der Waals surface area contributed by atoms with Crippen molar-refractivity contribution in [2.75, 3.05) is 24.4 Å². The van der Waals surface area contributed by atoms with Gasteiger partial charge in [-0.25, -0.2) is 0 Å².